The first-order valence-corrected chi connectivity index (χ1v) is 16.5. The van der Waals surface area contributed by atoms with Gasteiger partial charge in [-0.15, -0.1) is 0 Å². The molecule has 2 N–H and O–H groups in total. The average molecular weight is 596 g/mol. The van der Waals surface area contributed by atoms with Crippen LogP contribution < -0.4 is 15.4 Å². The fourth-order valence-electron chi connectivity index (χ4n) is 6.24. The number of rotatable bonds is 11. The van der Waals surface area contributed by atoms with Gasteiger partial charge in [-0.25, -0.2) is 9.59 Å². The zero-order valence-electron chi connectivity index (χ0n) is 28.2. The van der Waals surface area contributed by atoms with Gasteiger partial charge in [0.05, 0.1) is 19.3 Å². The maximum absolute atomic E-state index is 12.8. The normalized spacial score (nSPS) is 21.3. The zero-order valence-corrected chi connectivity index (χ0v) is 28.2. The molecular formula is C36H57N3O4. The van der Waals surface area contributed by atoms with Crippen LogP contribution in [0.1, 0.15) is 103 Å². The van der Waals surface area contributed by atoms with Gasteiger partial charge in [0, 0.05) is 30.2 Å². The molecule has 0 bridgehead atoms. The van der Waals surface area contributed by atoms with E-state index < -0.39 is 0 Å². The Morgan fingerprint density at radius 3 is 2.26 bits per heavy atom. The molecule has 1 saturated carbocycles. The summed E-state index contributed by atoms with van der Waals surface area (Å²) in [6, 6.07) is 13.5. The molecule has 3 atom stereocenters. The lowest BCUT2D eigenvalue weighted by molar-refractivity contribution is 0.0366. The highest BCUT2D eigenvalue weighted by atomic mass is 16.5. The Kier molecular flexibility index (Phi) is 15.1. The standard InChI is InChI=1S/C32H45N3O4.2C2H6/c1-6-25-12-15-28(38-5)20-29(25)32(17-19-35(21-24-8-9-24)23(4)22(32)3)16-18-33-31(37)34-27-13-10-26(11-14-27)30(36)39-7-2;2*1-2/h10-15,20,22-24H,6-9,16-19,21H2,1-5H3,(H2,33,34,37);2*1-2H3/t22-,23?,32?;;/m0../s1. The van der Waals surface area contributed by atoms with Gasteiger partial charge in [0.25, 0.3) is 0 Å². The molecule has 1 aliphatic carbocycles. The summed E-state index contributed by atoms with van der Waals surface area (Å²) in [5.41, 5.74) is 3.76. The number of amides is 2. The smallest absolute Gasteiger partial charge is 0.338 e. The van der Waals surface area contributed by atoms with Crippen molar-refractivity contribution in [2.24, 2.45) is 11.8 Å². The minimum Gasteiger partial charge on any atom is -0.497 e. The molecule has 1 saturated heterocycles. The third-order valence-electron chi connectivity index (χ3n) is 8.95. The number of benzene rings is 2. The Balaban J connectivity index is 0.00000155. The summed E-state index contributed by atoms with van der Waals surface area (Å²) < 4.78 is 10.7. The van der Waals surface area contributed by atoms with Crippen molar-refractivity contribution in [1.29, 1.82) is 0 Å². The van der Waals surface area contributed by atoms with Gasteiger partial charge in [0.15, 0.2) is 0 Å². The number of esters is 1. The van der Waals surface area contributed by atoms with E-state index in [0.29, 0.717) is 36.4 Å². The van der Waals surface area contributed by atoms with Crippen molar-refractivity contribution in [1.82, 2.24) is 10.2 Å². The maximum atomic E-state index is 12.8. The molecule has 2 unspecified atom stereocenters. The van der Waals surface area contributed by atoms with Gasteiger partial charge in [-0.2, -0.15) is 0 Å². The lowest BCUT2D eigenvalue weighted by atomic mass is 9.61. The second-order valence-electron chi connectivity index (χ2n) is 11.2. The molecular weight excluding hydrogens is 538 g/mol. The van der Waals surface area contributed by atoms with E-state index in [4.69, 9.17) is 9.47 Å². The molecule has 2 fully saturated rings. The zero-order chi connectivity index (χ0) is 32.0. The van der Waals surface area contributed by atoms with Gasteiger partial charge in [0.2, 0.25) is 0 Å². The Morgan fingerprint density at radius 2 is 1.67 bits per heavy atom. The van der Waals surface area contributed by atoms with Crippen LogP contribution in [0.2, 0.25) is 0 Å². The molecule has 1 heterocycles. The van der Waals surface area contributed by atoms with Crippen LogP contribution in [0.5, 0.6) is 5.75 Å². The summed E-state index contributed by atoms with van der Waals surface area (Å²) in [7, 11) is 1.73. The number of ether oxygens (including phenoxy) is 2. The fraction of sp³-hybridized carbons (Fsp3) is 0.611. The van der Waals surface area contributed by atoms with Crippen molar-refractivity contribution in [3.05, 3.63) is 59.2 Å². The molecule has 1 aliphatic heterocycles. The Bertz CT molecular complexity index is 1130. The second kappa shape index (κ2) is 17.9. The summed E-state index contributed by atoms with van der Waals surface area (Å²) >= 11 is 0. The molecule has 2 aromatic carbocycles. The first kappa shape index (κ1) is 36.1. The quantitative estimate of drug-likeness (QED) is 0.257. The highest BCUT2D eigenvalue weighted by Crippen LogP contribution is 2.48. The number of hydrogen-bond donors (Lipinski definition) is 2. The first-order chi connectivity index (χ1) is 20.8. The molecule has 2 amide bonds. The summed E-state index contributed by atoms with van der Waals surface area (Å²) in [4.78, 5) is 27.4. The molecule has 7 heteroatoms. The molecule has 43 heavy (non-hydrogen) atoms. The Morgan fingerprint density at radius 1 is 1.00 bits per heavy atom. The summed E-state index contributed by atoms with van der Waals surface area (Å²) in [5.74, 6) is 1.81. The van der Waals surface area contributed by atoms with Gasteiger partial charge in [0.1, 0.15) is 5.75 Å². The van der Waals surface area contributed by atoms with E-state index in [0.717, 1.165) is 37.5 Å². The predicted molar refractivity (Wildman–Crippen MR) is 178 cm³/mol. The number of piperidine rings is 1. The van der Waals surface area contributed by atoms with Crippen LogP contribution >= 0.6 is 0 Å². The molecule has 0 radical (unpaired) electrons. The molecule has 2 aromatic rings. The minimum atomic E-state index is -0.366. The summed E-state index contributed by atoms with van der Waals surface area (Å²) in [6.45, 7) is 19.9. The van der Waals surface area contributed by atoms with Crippen molar-refractivity contribution >= 4 is 17.7 Å². The third-order valence-corrected chi connectivity index (χ3v) is 8.95. The van der Waals surface area contributed by atoms with Crippen molar-refractivity contribution in [2.45, 2.75) is 99.0 Å². The molecule has 240 valence electrons. The van der Waals surface area contributed by atoms with E-state index in [1.807, 2.05) is 27.7 Å². The number of aryl methyl sites for hydroxylation is 1. The highest BCUT2D eigenvalue weighted by molar-refractivity contribution is 5.92. The number of carbonyl (C=O) groups is 2. The lowest BCUT2D eigenvalue weighted by Crippen LogP contribution is -2.55. The SMILES string of the molecule is CC.CC.CCOC(=O)c1ccc(NC(=O)NCCC2(c3cc(OC)ccc3CC)CCN(CC3CC3)C(C)[C@@H]2C)cc1. The van der Waals surface area contributed by atoms with E-state index in [-0.39, 0.29) is 17.4 Å². The first-order valence-electron chi connectivity index (χ1n) is 16.5. The molecule has 4 rings (SSSR count). The van der Waals surface area contributed by atoms with Gasteiger partial charge >= 0.3 is 12.0 Å². The lowest BCUT2D eigenvalue weighted by Gasteiger charge is -2.52. The van der Waals surface area contributed by atoms with Crippen LogP contribution in [-0.2, 0) is 16.6 Å². The summed E-state index contributed by atoms with van der Waals surface area (Å²) in [6.07, 6.45) is 5.60. The number of carbonyl (C=O) groups excluding carboxylic acids is 2. The third kappa shape index (κ3) is 9.46. The second-order valence-corrected chi connectivity index (χ2v) is 11.2. The van der Waals surface area contributed by atoms with Crippen LogP contribution in [0.4, 0.5) is 10.5 Å². The minimum absolute atomic E-state index is 0.0616. The maximum Gasteiger partial charge on any atom is 0.338 e. The van der Waals surface area contributed by atoms with Crippen molar-refractivity contribution in [3.8, 4) is 5.75 Å². The van der Waals surface area contributed by atoms with E-state index in [1.54, 1.807) is 38.3 Å². The largest absolute Gasteiger partial charge is 0.497 e. The van der Waals surface area contributed by atoms with Gasteiger partial charge in [-0.3, -0.25) is 0 Å². The van der Waals surface area contributed by atoms with Gasteiger partial charge < -0.3 is 25.0 Å². The van der Waals surface area contributed by atoms with E-state index in [2.05, 4.69) is 54.5 Å². The number of likely N-dealkylation sites (tertiary alicyclic amines) is 1. The van der Waals surface area contributed by atoms with Crippen LogP contribution in [0.25, 0.3) is 0 Å². The monoisotopic (exact) mass is 595 g/mol. The van der Waals surface area contributed by atoms with Crippen molar-refractivity contribution < 1.29 is 19.1 Å². The topological polar surface area (TPSA) is 79.9 Å². The fourth-order valence-corrected chi connectivity index (χ4v) is 6.24. The molecule has 7 nitrogen and oxygen atoms in total. The number of urea groups is 1. The van der Waals surface area contributed by atoms with Crippen LogP contribution in [0.15, 0.2) is 42.5 Å². The van der Waals surface area contributed by atoms with Crippen molar-refractivity contribution in [3.63, 3.8) is 0 Å². The van der Waals surface area contributed by atoms with Crippen LogP contribution in [-0.4, -0.2) is 56.3 Å². The van der Waals surface area contributed by atoms with Crippen LogP contribution in [0.3, 0.4) is 0 Å². The van der Waals surface area contributed by atoms with Gasteiger partial charge in [-0.1, -0.05) is 47.6 Å². The Labute approximate surface area is 261 Å². The number of anilines is 1. The molecule has 0 spiro atoms. The number of hydrogen-bond acceptors (Lipinski definition) is 5. The van der Waals surface area contributed by atoms with Gasteiger partial charge in [-0.05, 0) is 112 Å². The Hall–Kier alpha value is -3.06. The van der Waals surface area contributed by atoms with E-state index >= 15 is 0 Å². The predicted octanol–water partition coefficient (Wildman–Crippen LogP) is 8.08. The van der Waals surface area contributed by atoms with E-state index in [1.165, 1.54) is 30.5 Å². The summed E-state index contributed by atoms with van der Waals surface area (Å²) in [5, 5.41) is 6.00. The van der Waals surface area contributed by atoms with Crippen LogP contribution in [0, 0.1) is 11.8 Å². The molecule has 2 aliphatic rings. The average Bonchev–Trinajstić information content (AvgIpc) is 3.87. The van der Waals surface area contributed by atoms with Crippen molar-refractivity contribution in [2.75, 3.05) is 38.7 Å². The number of methoxy groups -OCH3 is 1. The number of nitrogens with zero attached hydrogens (tertiary/aromatic N) is 1. The highest BCUT2D eigenvalue weighted by Gasteiger charge is 2.47. The molecule has 0 aromatic heterocycles. The van der Waals surface area contributed by atoms with E-state index in [9.17, 15) is 9.59 Å². The number of nitrogens with one attached hydrogen (secondary N) is 2.